The molecule has 2 aromatic heterocycles. The van der Waals surface area contributed by atoms with Crippen LogP contribution < -0.4 is 15.8 Å². The molecule has 0 radical (unpaired) electrons. The Labute approximate surface area is 143 Å². The number of nitrogen functional groups attached to an aromatic ring is 1. The van der Waals surface area contributed by atoms with Crippen LogP contribution in [0.25, 0.3) is 10.9 Å². The summed E-state index contributed by atoms with van der Waals surface area (Å²) in [6.45, 7) is 3.41. The Morgan fingerprint density at radius 3 is 3.12 bits per heavy atom. The molecule has 0 amide bonds. The van der Waals surface area contributed by atoms with Gasteiger partial charge in [-0.2, -0.15) is 0 Å². The van der Waals surface area contributed by atoms with E-state index in [2.05, 4.69) is 15.3 Å². The largest absolute Gasteiger partial charge is 0.477 e. The van der Waals surface area contributed by atoms with Gasteiger partial charge < -0.3 is 20.5 Å². The zero-order chi connectivity index (χ0) is 16.5. The first kappa shape index (κ1) is 15.2. The summed E-state index contributed by atoms with van der Waals surface area (Å²) in [6.07, 6.45) is 2.58. The first-order valence-corrected chi connectivity index (χ1v) is 8.68. The van der Waals surface area contributed by atoms with Crippen LogP contribution in [0.1, 0.15) is 12.0 Å². The molecule has 3 N–H and O–H groups in total. The van der Waals surface area contributed by atoms with Gasteiger partial charge in [0.15, 0.2) is 5.06 Å². The molecule has 1 aromatic carbocycles. The van der Waals surface area contributed by atoms with E-state index in [0.29, 0.717) is 12.3 Å². The Hall–Kier alpha value is -2.38. The molecule has 124 valence electrons. The quantitative estimate of drug-likeness (QED) is 0.706. The molecule has 3 aromatic rings. The lowest BCUT2D eigenvalue weighted by atomic mass is 10.1. The second kappa shape index (κ2) is 6.26. The van der Waals surface area contributed by atoms with Crippen LogP contribution in [0, 0.1) is 6.92 Å². The molecule has 6 nitrogen and oxygen atoms in total. The van der Waals surface area contributed by atoms with Gasteiger partial charge in [-0.25, -0.2) is 9.97 Å². The molecule has 1 fully saturated rings. The Balaban J connectivity index is 1.67. The molecule has 1 aliphatic rings. The number of fused-ring (bicyclic) bond motifs is 1. The third-order valence-electron chi connectivity index (χ3n) is 4.00. The van der Waals surface area contributed by atoms with Crippen molar-refractivity contribution in [2.24, 2.45) is 0 Å². The predicted molar refractivity (Wildman–Crippen MR) is 96.1 cm³/mol. The highest BCUT2D eigenvalue weighted by molar-refractivity contribution is 7.12. The van der Waals surface area contributed by atoms with Crippen LogP contribution in [0.3, 0.4) is 0 Å². The molecule has 24 heavy (non-hydrogen) atoms. The number of rotatable bonds is 4. The molecule has 0 saturated carbocycles. The SMILES string of the molecule is Cc1cc(N)cc2ncnc(Nc3ccsc3O[C@@H]3CCOC3)c12. The van der Waals surface area contributed by atoms with Crippen LogP contribution in [0.4, 0.5) is 17.2 Å². The summed E-state index contributed by atoms with van der Waals surface area (Å²) < 4.78 is 11.4. The fraction of sp³-hybridized carbons (Fsp3) is 0.294. The molecule has 1 saturated heterocycles. The zero-order valence-corrected chi connectivity index (χ0v) is 14.1. The average molecular weight is 342 g/mol. The van der Waals surface area contributed by atoms with Gasteiger partial charge in [0, 0.05) is 17.5 Å². The molecule has 0 aliphatic carbocycles. The van der Waals surface area contributed by atoms with Crippen molar-refractivity contribution in [3.63, 3.8) is 0 Å². The number of ether oxygens (including phenoxy) is 2. The van der Waals surface area contributed by atoms with Gasteiger partial charge in [-0.1, -0.05) is 0 Å². The third kappa shape index (κ3) is 2.88. The number of hydrogen-bond donors (Lipinski definition) is 2. The molecule has 0 bridgehead atoms. The molecule has 4 rings (SSSR count). The normalized spacial score (nSPS) is 17.3. The monoisotopic (exact) mass is 342 g/mol. The van der Waals surface area contributed by atoms with Gasteiger partial charge >= 0.3 is 0 Å². The maximum Gasteiger partial charge on any atom is 0.198 e. The molecule has 0 spiro atoms. The number of thiophene rings is 1. The fourth-order valence-corrected chi connectivity index (χ4v) is 3.64. The number of benzene rings is 1. The van der Waals surface area contributed by atoms with Crippen molar-refractivity contribution in [3.8, 4) is 5.06 Å². The van der Waals surface area contributed by atoms with E-state index in [9.17, 15) is 0 Å². The van der Waals surface area contributed by atoms with Crippen LogP contribution in [0.5, 0.6) is 5.06 Å². The minimum Gasteiger partial charge on any atom is -0.477 e. The molecule has 1 aliphatic heterocycles. The summed E-state index contributed by atoms with van der Waals surface area (Å²) in [5, 5.41) is 7.20. The van der Waals surface area contributed by atoms with Crippen molar-refractivity contribution in [2.45, 2.75) is 19.4 Å². The van der Waals surface area contributed by atoms with Gasteiger partial charge in [0.25, 0.3) is 0 Å². The Morgan fingerprint density at radius 1 is 1.38 bits per heavy atom. The highest BCUT2D eigenvalue weighted by Gasteiger charge is 2.20. The highest BCUT2D eigenvalue weighted by atomic mass is 32.1. The number of aromatic nitrogens is 2. The molecule has 3 heterocycles. The maximum atomic E-state index is 6.05. The summed E-state index contributed by atoms with van der Waals surface area (Å²) >= 11 is 1.56. The van der Waals surface area contributed by atoms with E-state index in [1.54, 1.807) is 17.7 Å². The third-order valence-corrected chi connectivity index (χ3v) is 4.80. The van der Waals surface area contributed by atoms with E-state index in [-0.39, 0.29) is 6.10 Å². The topological polar surface area (TPSA) is 82.3 Å². The lowest BCUT2D eigenvalue weighted by Gasteiger charge is -2.14. The Kier molecular flexibility index (Phi) is 3.95. The standard InChI is InChI=1S/C17H18N4O2S/c1-10-6-11(18)7-14-15(10)16(20-9-19-14)21-13-3-5-24-17(13)23-12-2-4-22-8-12/h3,5-7,9,12H,2,4,8,18H2,1H3,(H,19,20,21)/t12-/m1/s1. The van der Waals surface area contributed by atoms with E-state index >= 15 is 0 Å². The van der Waals surface area contributed by atoms with Crippen molar-refractivity contribution in [1.82, 2.24) is 9.97 Å². The lowest BCUT2D eigenvalue weighted by molar-refractivity contribution is 0.144. The van der Waals surface area contributed by atoms with E-state index < -0.39 is 0 Å². The van der Waals surface area contributed by atoms with Gasteiger partial charge in [-0.05, 0) is 36.1 Å². The van der Waals surface area contributed by atoms with Crippen LogP contribution in [0.15, 0.2) is 29.9 Å². The van der Waals surface area contributed by atoms with E-state index in [0.717, 1.165) is 46.1 Å². The molecule has 0 unspecified atom stereocenters. The van der Waals surface area contributed by atoms with E-state index in [1.807, 2.05) is 30.5 Å². The summed E-state index contributed by atoms with van der Waals surface area (Å²) in [5.41, 5.74) is 9.38. The predicted octanol–water partition coefficient (Wildman–Crippen LogP) is 3.49. The number of hydrogen-bond acceptors (Lipinski definition) is 7. The number of nitrogens with zero attached hydrogens (tertiary/aromatic N) is 2. The van der Waals surface area contributed by atoms with Gasteiger partial charge in [0.05, 0.1) is 24.4 Å². The summed E-state index contributed by atoms with van der Waals surface area (Å²) in [5.74, 6) is 0.753. The van der Waals surface area contributed by atoms with Crippen molar-refractivity contribution in [2.75, 3.05) is 24.3 Å². The van der Waals surface area contributed by atoms with Gasteiger partial charge in [0.1, 0.15) is 18.2 Å². The number of nitrogens with one attached hydrogen (secondary N) is 1. The minimum atomic E-state index is 0.118. The van der Waals surface area contributed by atoms with Crippen LogP contribution in [0.2, 0.25) is 0 Å². The van der Waals surface area contributed by atoms with Crippen molar-refractivity contribution < 1.29 is 9.47 Å². The second-order valence-electron chi connectivity index (χ2n) is 5.80. The molecular formula is C17H18N4O2S. The lowest BCUT2D eigenvalue weighted by Crippen LogP contribution is -2.15. The van der Waals surface area contributed by atoms with Crippen molar-refractivity contribution in [1.29, 1.82) is 0 Å². The number of nitrogens with two attached hydrogens (primary N) is 1. The first-order valence-electron chi connectivity index (χ1n) is 7.80. The fourth-order valence-electron chi connectivity index (χ4n) is 2.88. The number of anilines is 3. The molecule has 1 atom stereocenters. The van der Waals surface area contributed by atoms with Crippen molar-refractivity contribution >= 4 is 39.4 Å². The summed E-state index contributed by atoms with van der Waals surface area (Å²) in [7, 11) is 0. The molecule has 7 heteroatoms. The number of aryl methyl sites for hydroxylation is 1. The van der Waals surface area contributed by atoms with E-state index in [4.69, 9.17) is 15.2 Å². The Morgan fingerprint density at radius 2 is 2.29 bits per heavy atom. The van der Waals surface area contributed by atoms with Gasteiger partial charge in [0.2, 0.25) is 0 Å². The molecular weight excluding hydrogens is 324 g/mol. The maximum absolute atomic E-state index is 6.05. The minimum absolute atomic E-state index is 0.118. The van der Waals surface area contributed by atoms with Crippen LogP contribution in [-0.4, -0.2) is 29.3 Å². The summed E-state index contributed by atoms with van der Waals surface area (Å²) in [4.78, 5) is 8.73. The Bertz CT molecular complexity index is 874. The van der Waals surface area contributed by atoms with Crippen LogP contribution >= 0.6 is 11.3 Å². The first-order chi connectivity index (χ1) is 11.7. The van der Waals surface area contributed by atoms with E-state index in [1.165, 1.54) is 0 Å². The summed E-state index contributed by atoms with van der Waals surface area (Å²) in [6, 6.07) is 5.78. The van der Waals surface area contributed by atoms with Gasteiger partial charge in [-0.15, -0.1) is 11.3 Å². The second-order valence-corrected chi connectivity index (χ2v) is 6.68. The average Bonchev–Trinajstić information content (AvgIpc) is 3.20. The van der Waals surface area contributed by atoms with Gasteiger partial charge in [-0.3, -0.25) is 0 Å². The smallest absolute Gasteiger partial charge is 0.198 e. The zero-order valence-electron chi connectivity index (χ0n) is 13.3. The van der Waals surface area contributed by atoms with Crippen molar-refractivity contribution in [3.05, 3.63) is 35.5 Å². The highest BCUT2D eigenvalue weighted by Crippen LogP contribution is 2.36. The van der Waals surface area contributed by atoms with Crippen LogP contribution in [-0.2, 0) is 4.74 Å².